The van der Waals surface area contributed by atoms with E-state index in [-0.39, 0.29) is 11.9 Å². The maximum absolute atomic E-state index is 11.7. The number of aromatic nitrogens is 6. The van der Waals surface area contributed by atoms with E-state index in [1.807, 2.05) is 42.9 Å². The highest BCUT2D eigenvalue weighted by molar-refractivity contribution is 5.97. The number of aryl methyl sites for hydroxylation is 1. The number of hydrogen-bond acceptors (Lipinski definition) is 7. The minimum Gasteiger partial charge on any atom is -0.480 e. The molecule has 1 amide bonds. The zero-order valence-electron chi connectivity index (χ0n) is 17.0. The first-order valence-electron chi connectivity index (χ1n) is 9.79. The van der Waals surface area contributed by atoms with Crippen LogP contribution in [0.4, 0.5) is 5.95 Å². The van der Waals surface area contributed by atoms with E-state index in [0.717, 1.165) is 34.4 Å². The largest absolute Gasteiger partial charge is 0.480 e. The van der Waals surface area contributed by atoms with Gasteiger partial charge in [-0.15, -0.1) is 10.2 Å². The fourth-order valence-corrected chi connectivity index (χ4v) is 3.92. The normalized spacial score (nSPS) is 17.1. The monoisotopic (exact) mass is 406 g/mol. The van der Waals surface area contributed by atoms with Crippen molar-refractivity contribution in [3.8, 4) is 17.0 Å². The number of likely N-dealkylation sites (tertiary alicyclic amines) is 1. The number of likely N-dealkylation sites (N-methyl/N-ethyl adjacent to an activating group) is 1. The van der Waals surface area contributed by atoms with Gasteiger partial charge in [0.15, 0.2) is 5.65 Å². The van der Waals surface area contributed by atoms with Gasteiger partial charge in [0, 0.05) is 49.6 Å². The molecule has 4 aromatic heterocycles. The van der Waals surface area contributed by atoms with Crippen molar-refractivity contribution in [2.24, 2.45) is 0 Å². The number of pyridine rings is 1. The van der Waals surface area contributed by atoms with Gasteiger partial charge in [0.05, 0.1) is 12.5 Å². The van der Waals surface area contributed by atoms with E-state index < -0.39 is 0 Å². The van der Waals surface area contributed by atoms with Crippen molar-refractivity contribution in [3.05, 3.63) is 30.4 Å². The van der Waals surface area contributed by atoms with E-state index in [0.29, 0.717) is 30.4 Å². The van der Waals surface area contributed by atoms with E-state index in [1.54, 1.807) is 12.0 Å². The number of aromatic amines is 1. The molecule has 1 fully saturated rings. The van der Waals surface area contributed by atoms with Crippen LogP contribution >= 0.6 is 0 Å². The predicted octanol–water partition coefficient (Wildman–Crippen LogP) is 2.02. The number of piperidine rings is 1. The molecular weight excluding hydrogens is 384 g/mol. The third-order valence-corrected chi connectivity index (χ3v) is 5.54. The van der Waals surface area contributed by atoms with Gasteiger partial charge in [-0.3, -0.25) is 9.20 Å². The number of hydrogen-bond donors (Lipinski definition) is 2. The molecule has 0 radical (unpaired) electrons. The third-order valence-electron chi connectivity index (χ3n) is 5.54. The lowest BCUT2D eigenvalue weighted by atomic mass is 10.1. The maximum Gasteiger partial charge on any atom is 0.228 e. The number of amides is 1. The van der Waals surface area contributed by atoms with Crippen LogP contribution in [0, 0.1) is 6.92 Å². The van der Waals surface area contributed by atoms with Crippen molar-refractivity contribution in [1.82, 2.24) is 34.4 Å². The fraction of sp³-hybridized carbons (Fsp3) is 0.350. The van der Waals surface area contributed by atoms with Gasteiger partial charge in [-0.2, -0.15) is 9.97 Å². The molecule has 1 saturated heterocycles. The summed E-state index contributed by atoms with van der Waals surface area (Å²) in [6.45, 7) is 2.54. The van der Waals surface area contributed by atoms with Crippen molar-refractivity contribution in [2.45, 2.75) is 25.8 Å². The molecular formula is C20H22N8O2. The van der Waals surface area contributed by atoms with Crippen molar-refractivity contribution in [2.75, 3.05) is 26.0 Å². The number of carbonyl (C=O) groups excluding carboxylic acids is 1. The van der Waals surface area contributed by atoms with Gasteiger partial charge in [-0.25, -0.2) is 0 Å². The Morgan fingerprint density at radius 2 is 2.13 bits per heavy atom. The highest BCUT2D eigenvalue weighted by Gasteiger charge is 2.24. The quantitative estimate of drug-likeness (QED) is 0.533. The number of fused-ring (bicyclic) bond motifs is 2. The highest BCUT2D eigenvalue weighted by Crippen LogP contribution is 2.34. The fourth-order valence-electron chi connectivity index (χ4n) is 3.92. The van der Waals surface area contributed by atoms with Gasteiger partial charge in [-0.1, -0.05) is 0 Å². The molecule has 10 nitrogen and oxygen atoms in total. The van der Waals surface area contributed by atoms with Crippen LogP contribution in [0.2, 0.25) is 0 Å². The summed E-state index contributed by atoms with van der Waals surface area (Å²) in [4.78, 5) is 25.9. The summed E-state index contributed by atoms with van der Waals surface area (Å²) in [5.41, 5.74) is 3.39. The molecule has 0 saturated carbocycles. The van der Waals surface area contributed by atoms with Crippen LogP contribution in [0.15, 0.2) is 24.5 Å². The number of H-pyrrole nitrogens is 1. The number of ether oxygens (including phenoxy) is 1. The minimum absolute atomic E-state index is 0.100. The second-order valence-electron chi connectivity index (χ2n) is 7.53. The Labute approximate surface area is 172 Å². The summed E-state index contributed by atoms with van der Waals surface area (Å²) < 4.78 is 7.55. The average molecular weight is 406 g/mol. The molecule has 0 unspecified atom stereocenters. The molecule has 0 spiro atoms. The van der Waals surface area contributed by atoms with Gasteiger partial charge in [0.25, 0.3) is 0 Å². The second kappa shape index (κ2) is 6.97. The Balaban J connectivity index is 1.52. The van der Waals surface area contributed by atoms with Crippen molar-refractivity contribution >= 4 is 28.5 Å². The van der Waals surface area contributed by atoms with Gasteiger partial charge in [-0.05, 0) is 25.5 Å². The molecule has 0 aromatic carbocycles. The summed E-state index contributed by atoms with van der Waals surface area (Å²) >= 11 is 0. The number of nitrogens with one attached hydrogen (secondary N) is 2. The summed E-state index contributed by atoms with van der Waals surface area (Å²) in [5, 5.41) is 12.4. The average Bonchev–Trinajstić information content (AvgIpc) is 3.34. The van der Waals surface area contributed by atoms with Crippen LogP contribution in [0.1, 0.15) is 18.7 Å². The molecule has 0 bridgehead atoms. The van der Waals surface area contributed by atoms with Crippen LogP contribution < -0.4 is 10.1 Å². The lowest BCUT2D eigenvalue weighted by Crippen LogP contribution is -2.43. The first-order valence-corrected chi connectivity index (χ1v) is 9.79. The smallest absolute Gasteiger partial charge is 0.228 e. The van der Waals surface area contributed by atoms with E-state index in [4.69, 9.17) is 4.74 Å². The first kappa shape index (κ1) is 18.3. The number of methoxy groups -OCH3 is 1. The van der Waals surface area contributed by atoms with E-state index in [2.05, 4.69) is 30.5 Å². The Kier molecular flexibility index (Phi) is 4.27. The van der Waals surface area contributed by atoms with Gasteiger partial charge < -0.3 is 19.9 Å². The Bertz CT molecular complexity index is 1260. The van der Waals surface area contributed by atoms with Gasteiger partial charge in [0.2, 0.25) is 17.7 Å². The lowest BCUT2D eigenvalue weighted by molar-refractivity contribution is -0.132. The second-order valence-corrected chi connectivity index (χ2v) is 7.53. The van der Waals surface area contributed by atoms with E-state index in [1.165, 1.54) is 0 Å². The molecule has 10 heteroatoms. The van der Waals surface area contributed by atoms with Gasteiger partial charge >= 0.3 is 0 Å². The zero-order chi connectivity index (χ0) is 20.8. The Hall–Kier alpha value is -3.69. The number of rotatable bonds is 4. The molecule has 154 valence electrons. The van der Waals surface area contributed by atoms with Crippen molar-refractivity contribution in [3.63, 3.8) is 0 Å². The summed E-state index contributed by atoms with van der Waals surface area (Å²) in [7, 11) is 3.41. The topological polar surface area (TPSA) is 113 Å². The lowest BCUT2D eigenvalue weighted by Gasteiger charge is -2.30. The molecule has 2 N–H and O–H groups in total. The van der Waals surface area contributed by atoms with Crippen LogP contribution in [-0.4, -0.2) is 67.1 Å². The molecule has 0 aliphatic carbocycles. The number of carbonyl (C=O) groups is 1. The standard InChI is InChI=1S/C20H22N8O2/c1-11-25-26-15-6-4-12(9-28(11)15)14-8-21-18-17(14)19(30-3)24-20(23-18)22-13-5-7-16(29)27(2)10-13/h4,6,8-9,13H,5,7,10H2,1-3H3,(H2,21,22,23,24)/t13-/m0/s1. The highest BCUT2D eigenvalue weighted by atomic mass is 16.5. The molecule has 1 aliphatic heterocycles. The summed E-state index contributed by atoms with van der Waals surface area (Å²) in [5.74, 6) is 1.94. The number of anilines is 1. The molecule has 30 heavy (non-hydrogen) atoms. The van der Waals surface area contributed by atoms with Gasteiger partial charge in [0.1, 0.15) is 11.5 Å². The molecule has 1 atom stereocenters. The minimum atomic E-state index is 0.100. The summed E-state index contributed by atoms with van der Waals surface area (Å²) in [6, 6.07) is 4.02. The van der Waals surface area contributed by atoms with Crippen molar-refractivity contribution < 1.29 is 9.53 Å². The van der Waals surface area contributed by atoms with E-state index >= 15 is 0 Å². The summed E-state index contributed by atoms with van der Waals surface area (Å²) in [6.07, 6.45) is 5.17. The third kappa shape index (κ3) is 3.00. The first-order chi connectivity index (χ1) is 14.5. The Morgan fingerprint density at radius 1 is 1.27 bits per heavy atom. The molecule has 5 rings (SSSR count). The van der Waals surface area contributed by atoms with E-state index in [9.17, 15) is 4.79 Å². The Morgan fingerprint density at radius 3 is 2.93 bits per heavy atom. The SMILES string of the molecule is COc1nc(N[C@H]2CCC(=O)N(C)C2)nc2[nH]cc(-c3ccc4nnc(C)n4c3)c12. The molecule has 1 aliphatic rings. The predicted molar refractivity (Wildman–Crippen MR) is 111 cm³/mol. The van der Waals surface area contributed by atoms with Crippen LogP contribution in [0.25, 0.3) is 27.8 Å². The van der Waals surface area contributed by atoms with Crippen LogP contribution in [0.3, 0.4) is 0 Å². The number of nitrogens with zero attached hydrogens (tertiary/aromatic N) is 6. The zero-order valence-corrected chi connectivity index (χ0v) is 17.0. The molecule has 4 aromatic rings. The molecule has 5 heterocycles. The van der Waals surface area contributed by atoms with Crippen molar-refractivity contribution in [1.29, 1.82) is 0 Å². The van der Waals surface area contributed by atoms with Crippen LogP contribution in [-0.2, 0) is 4.79 Å². The van der Waals surface area contributed by atoms with Crippen LogP contribution in [0.5, 0.6) is 5.88 Å². The maximum atomic E-state index is 11.7.